The van der Waals surface area contributed by atoms with Crippen molar-refractivity contribution in [2.45, 2.75) is 30.9 Å². The number of hydrogen-bond acceptors (Lipinski definition) is 3. The molecule has 86 valence electrons. The van der Waals surface area contributed by atoms with Crippen molar-refractivity contribution in [3.05, 3.63) is 0 Å². The van der Waals surface area contributed by atoms with Crippen molar-refractivity contribution in [1.82, 2.24) is 4.90 Å². The molecule has 5 heteroatoms. The molecule has 1 saturated heterocycles. The smallest absolute Gasteiger partial charge is 0.226 e. The number of carbonyl (C=O) groups excluding carboxylic acids is 1. The van der Waals surface area contributed by atoms with Crippen molar-refractivity contribution in [3.8, 4) is 0 Å². The van der Waals surface area contributed by atoms with Crippen LogP contribution < -0.4 is 0 Å². The Morgan fingerprint density at radius 3 is 2.67 bits per heavy atom. The molecule has 0 aromatic heterocycles. The Morgan fingerprint density at radius 1 is 1.27 bits per heavy atom. The standard InChI is InChI=1S/C10H17NO3S/c1-11-6-7-15(13,14)9-5-3-2-4-8(9)10(11)12/h8-9H,2-7H2,1H3/t8-,9+/m0/s1. The van der Waals surface area contributed by atoms with Gasteiger partial charge in [0.05, 0.1) is 16.9 Å². The van der Waals surface area contributed by atoms with Crippen LogP contribution in [0, 0.1) is 5.92 Å². The maximum absolute atomic E-state index is 11.9. The zero-order valence-electron chi connectivity index (χ0n) is 8.98. The molecule has 0 aromatic rings. The normalized spacial score (nSPS) is 35.8. The molecular weight excluding hydrogens is 214 g/mol. The highest BCUT2D eigenvalue weighted by atomic mass is 32.2. The second-order valence-corrected chi connectivity index (χ2v) is 6.90. The predicted molar refractivity (Wildman–Crippen MR) is 57.2 cm³/mol. The van der Waals surface area contributed by atoms with Gasteiger partial charge in [0.25, 0.3) is 0 Å². The summed E-state index contributed by atoms with van der Waals surface area (Å²) in [7, 11) is -1.35. The Bertz CT molecular complexity index is 363. The zero-order valence-corrected chi connectivity index (χ0v) is 9.79. The molecule has 2 aliphatic rings. The number of nitrogens with zero attached hydrogens (tertiary/aromatic N) is 1. The molecule has 2 fully saturated rings. The molecule has 0 radical (unpaired) electrons. The molecule has 1 amide bonds. The van der Waals surface area contributed by atoms with E-state index in [0.717, 1.165) is 19.3 Å². The topological polar surface area (TPSA) is 54.5 Å². The molecule has 1 saturated carbocycles. The number of fused-ring (bicyclic) bond motifs is 1. The number of rotatable bonds is 0. The fourth-order valence-corrected chi connectivity index (χ4v) is 4.73. The third-order valence-corrected chi connectivity index (χ3v) is 5.81. The zero-order chi connectivity index (χ0) is 11.1. The van der Waals surface area contributed by atoms with E-state index in [4.69, 9.17) is 0 Å². The van der Waals surface area contributed by atoms with Crippen molar-refractivity contribution >= 4 is 15.7 Å². The van der Waals surface area contributed by atoms with Crippen LogP contribution in [0.3, 0.4) is 0 Å². The Morgan fingerprint density at radius 2 is 1.93 bits per heavy atom. The minimum Gasteiger partial charge on any atom is -0.344 e. The average Bonchev–Trinajstić information content (AvgIpc) is 2.31. The van der Waals surface area contributed by atoms with Gasteiger partial charge in [-0.3, -0.25) is 4.79 Å². The van der Waals surface area contributed by atoms with Gasteiger partial charge in [0.2, 0.25) is 5.91 Å². The third-order valence-electron chi connectivity index (χ3n) is 3.57. The lowest BCUT2D eigenvalue weighted by molar-refractivity contribution is -0.134. The largest absolute Gasteiger partial charge is 0.344 e. The molecule has 2 rings (SSSR count). The highest BCUT2D eigenvalue weighted by molar-refractivity contribution is 7.92. The summed E-state index contributed by atoms with van der Waals surface area (Å²) in [4.78, 5) is 13.5. The number of carbonyl (C=O) groups is 1. The van der Waals surface area contributed by atoms with Gasteiger partial charge in [-0.25, -0.2) is 8.42 Å². The third kappa shape index (κ3) is 1.89. The molecule has 1 heterocycles. The summed E-state index contributed by atoms with van der Waals surface area (Å²) in [6.07, 6.45) is 3.34. The van der Waals surface area contributed by atoms with E-state index < -0.39 is 15.1 Å². The molecule has 0 spiro atoms. The maximum Gasteiger partial charge on any atom is 0.226 e. The Hall–Kier alpha value is -0.580. The van der Waals surface area contributed by atoms with Crippen molar-refractivity contribution in [2.24, 2.45) is 5.92 Å². The first kappa shape index (κ1) is 10.9. The molecule has 0 aromatic carbocycles. The first-order valence-corrected chi connectivity index (χ1v) is 7.20. The van der Waals surface area contributed by atoms with Gasteiger partial charge in [-0.1, -0.05) is 12.8 Å². The first-order chi connectivity index (χ1) is 7.02. The molecule has 0 bridgehead atoms. The van der Waals surface area contributed by atoms with Gasteiger partial charge in [0.15, 0.2) is 9.84 Å². The minimum absolute atomic E-state index is 0.0285. The highest BCUT2D eigenvalue weighted by Gasteiger charge is 2.42. The lowest BCUT2D eigenvalue weighted by Gasteiger charge is -2.28. The second kappa shape index (κ2) is 3.77. The first-order valence-electron chi connectivity index (χ1n) is 5.49. The SMILES string of the molecule is CN1CCS(=O)(=O)[C@@H]2CCCC[C@@H]2C1=O. The van der Waals surface area contributed by atoms with Crippen LogP contribution in [-0.2, 0) is 14.6 Å². The quantitative estimate of drug-likeness (QED) is 0.607. The van der Waals surface area contributed by atoms with E-state index in [1.807, 2.05) is 0 Å². The Kier molecular flexibility index (Phi) is 2.75. The van der Waals surface area contributed by atoms with Crippen LogP contribution in [0.5, 0.6) is 0 Å². The van der Waals surface area contributed by atoms with E-state index in [-0.39, 0.29) is 17.6 Å². The number of sulfone groups is 1. The van der Waals surface area contributed by atoms with Gasteiger partial charge >= 0.3 is 0 Å². The Labute approximate surface area is 90.6 Å². The van der Waals surface area contributed by atoms with E-state index in [2.05, 4.69) is 0 Å². The average molecular weight is 231 g/mol. The monoisotopic (exact) mass is 231 g/mol. The fraction of sp³-hybridized carbons (Fsp3) is 0.900. The molecule has 0 N–H and O–H groups in total. The van der Waals surface area contributed by atoms with Gasteiger partial charge in [-0.05, 0) is 12.8 Å². The van der Waals surface area contributed by atoms with Gasteiger partial charge in [-0.2, -0.15) is 0 Å². The number of hydrogen-bond donors (Lipinski definition) is 0. The van der Waals surface area contributed by atoms with E-state index in [0.29, 0.717) is 13.0 Å². The summed E-state index contributed by atoms with van der Waals surface area (Å²) in [6.45, 7) is 0.355. The van der Waals surface area contributed by atoms with Crippen LogP contribution >= 0.6 is 0 Å². The predicted octanol–water partition coefficient (Wildman–Crippen LogP) is 0.432. The second-order valence-electron chi connectivity index (χ2n) is 4.56. The number of amides is 1. The van der Waals surface area contributed by atoms with E-state index >= 15 is 0 Å². The summed E-state index contributed by atoms with van der Waals surface area (Å²) >= 11 is 0. The highest BCUT2D eigenvalue weighted by Crippen LogP contribution is 2.33. The van der Waals surface area contributed by atoms with Crippen LogP contribution in [-0.4, -0.2) is 43.8 Å². The van der Waals surface area contributed by atoms with Crippen molar-refractivity contribution < 1.29 is 13.2 Å². The van der Waals surface area contributed by atoms with Gasteiger partial charge in [0, 0.05) is 13.6 Å². The molecular formula is C10H17NO3S. The molecule has 1 aliphatic heterocycles. The van der Waals surface area contributed by atoms with Gasteiger partial charge < -0.3 is 4.90 Å². The van der Waals surface area contributed by atoms with Crippen molar-refractivity contribution in [1.29, 1.82) is 0 Å². The Balaban J connectivity index is 2.35. The summed E-state index contributed by atoms with van der Waals surface area (Å²) in [6, 6.07) is 0. The van der Waals surface area contributed by atoms with Gasteiger partial charge in [0.1, 0.15) is 0 Å². The van der Waals surface area contributed by atoms with Crippen LogP contribution in [0.4, 0.5) is 0 Å². The van der Waals surface area contributed by atoms with E-state index in [9.17, 15) is 13.2 Å². The molecule has 0 unspecified atom stereocenters. The summed E-state index contributed by atoms with van der Waals surface area (Å²) < 4.78 is 23.9. The maximum atomic E-state index is 11.9. The van der Waals surface area contributed by atoms with Crippen molar-refractivity contribution in [2.75, 3.05) is 19.3 Å². The molecule has 1 aliphatic carbocycles. The van der Waals surface area contributed by atoms with Crippen LogP contribution in [0.15, 0.2) is 0 Å². The van der Waals surface area contributed by atoms with Crippen LogP contribution in [0.25, 0.3) is 0 Å². The van der Waals surface area contributed by atoms with Crippen LogP contribution in [0.1, 0.15) is 25.7 Å². The van der Waals surface area contributed by atoms with Gasteiger partial charge in [-0.15, -0.1) is 0 Å². The molecule has 2 atom stereocenters. The molecule has 4 nitrogen and oxygen atoms in total. The van der Waals surface area contributed by atoms with Crippen molar-refractivity contribution in [3.63, 3.8) is 0 Å². The summed E-state index contributed by atoms with van der Waals surface area (Å²) in [5, 5.41) is -0.399. The van der Waals surface area contributed by atoms with E-state index in [1.54, 1.807) is 11.9 Å². The lowest BCUT2D eigenvalue weighted by atomic mass is 9.88. The fourth-order valence-electron chi connectivity index (χ4n) is 2.62. The summed E-state index contributed by atoms with van der Waals surface area (Å²) in [5.41, 5.74) is 0. The minimum atomic E-state index is -3.05. The van der Waals surface area contributed by atoms with Crippen LogP contribution in [0.2, 0.25) is 0 Å². The molecule has 15 heavy (non-hydrogen) atoms. The lowest BCUT2D eigenvalue weighted by Crippen LogP contribution is -2.39. The van der Waals surface area contributed by atoms with E-state index in [1.165, 1.54) is 0 Å². The summed E-state index contributed by atoms with van der Waals surface area (Å²) in [5.74, 6) is -0.104.